The molecule has 1 unspecified atom stereocenters. The van der Waals surface area contributed by atoms with Crippen molar-refractivity contribution in [2.45, 2.75) is 12.8 Å². The van der Waals surface area contributed by atoms with Gasteiger partial charge in [-0.3, -0.25) is 4.79 Å². The normalized spacial score (nSPS) is 12.1. The fourth-order valence-corrected chi connectivity index (χ4v) is 1.24. The standard InChI is InChI=1S/C11H14O3/c1-2-14-11(13)10(8-12)9-6-4-3-5-7-9/h3-7,10,12H,2,8H2,1H3. The van der Waals surface area contributed by atoms with Gasteiger partial charge in [-0.05, 0) is 12.5 Å². The lowest BCUT2D eigenvalue weighted by Crippen LogP contribution is -2.19. The minimum Gasteiger partial charge on any atom is -0.465 e. The lowest BCUT2D eigenvalue weighted by Gasteiger charge is -2.12. The van der Waals surface area contributed by atoms with E-state index in [0.29, 0.717) is 6.61 Å². The summed E-state index contributed by atoms with van der Waals surface area (Å²) in [6, 6.07) is 9.13. The fourth-order valence-electron chi connectivity index (χ4n) is 1.24. The van der Waals surface area contributed by atoms with Crippen molar-refractivity contribution in [2.24, 2.45) is 0 Å². The molecule has 3 heteroatoms. The Morgan fingerprint density at radius 3 is 2.57 bits per heavy atom. The first-order valence-electron chi connectivity index (χ1n) is 4.62. The monoisotopic (exact) mass is 194 g/mol. The van der Waals surface area contributed by atoms with Crippen LogP contribution in [0.2, 0.25) is 0 Å². The van der Waals surface area contributed by atoms with E-state index in [9.17, 15) is 4.79 Å². The van der Waals surface area contributed by atoms with E-state index < -0.39 is 5.92 Å². The largest absolute Gasteiger partial charge is 0.465 e. The minimum atomic E-state index is -0.559. The van der Waals surface area contributed by atoms with Crippen molar-refractivity contribution in [2.75, 3.05) is 13.2 Å². The molecule has 0 fully saturated rings. The van der Waals surface area contributed by atoms with E-state index in [1.54, 1.807) is 19.1 Å². The topological polar surface area (TPSA) is 46.5 Å². The Hall–Kier alpha value is -1.35. The first-order chi connectivity index (χ1) is 6.79. The molecule has 0 saturated carbocycles. The molecule has 76 valence electrons. The molecule has 1 atom stereocenters. The van der Waals surface area contributed by atoms with Gasteiger partial charge in [0.05, 0.1) is 13.2 Å². The summed E-state index contributed by atoms with van der Waals surface area (Å²) >= 11 is 0. The summed E-state index contributed by atoms with van der Waals surface area (Å²) < 4.78 is 4.85. The predicted octanol–water partition coefficient (Wildman–Crippen LogP) is 1.33. The Kier molecular flexibility index (Phi) is 4.13. The second-order valence-corrected chi connectivity index (χ2v) is 2.90. The van der Waals surface area contributed by atoms with E-state index >= 15 is 0 Å². The number of rotatable bonds is 4. The molecule has 0 heterocycles. The summed E-state index contributed by atoms with van der Waals surface area (Å²) in [5, 5.41) is 9.08. The van der Waals surface area contributed by atoms with Crippen LogP contribution >= 0.6 is 0 Å². The van der Waals surface area contributed by atoms with Gasteiger partial charge >= 0.3 is 5.97 Å². The van der Waals surface area contributed by atoms with Crippen molar-refractivity contribution in [3.63, 3.8) is 0 Å². The molecular weight excluding hydrogens is 180 g/mol. The van der Waals surface area contributed by atoms with Crippen molar-refractivity contribution in [1.29, 1.82) is 0 Å². The van der Waals surface area contributed by atoms with E-state index in [-0.39, 0.29) is 12.6 Å². The fraction of sp³-hybridized carbons (Fsp3) is 0.364. The van der Waals surface area contributed by atoms with Crippen molar-refractivity contribution >= 4 is 5.97 Å². The maximum atomic E-state index is 11.4. The molecule has 1 aromatic carbocycles. The van der Waals surface area contributed by atoms with Crippen LogP contribution in [-0.2, 0) is 9.53 Å². The maximum Gasteiger partial charge on any atom is 0.315 e. The number of carbonyl (C=O) groups is 1. The lowest BCUT2D eigenvalue weighted by molar-refractivity contribution is -0.145. The SMILES string of the molecule is CCOC(=O)C(CO)c1ccccc1. The third-order valence-electron chi connectivity index (χ3n) is 1.96. The van der Waals surface area contributed by atoms with E-state index in [2.05, 4.69) is 0 Å². The first-order valence-corrected chi connectivity index (χ1v) is 4.62. The summed E-state index contributed by atoms with van der Waals surface area (Å²) in [7, 11) is 0. The van der Waals surface area contributed by atoms with Gasteiger partial charge in [-0.15, -0.1) is 0 Å². The molecule has 0 spiro atoms. The van der Waals surface area contributed by atoms with Crippen LogP contribution in [-0.4, -0.2) is 24.3 Å². The third kappa shape index (κ3) is 2.57. The molecule has 0 aliphatic rings. The summed E-state index contributed by atoms with van der Waals surface area (Å²) in [4.78, 5) is 11.4. The summed E-state index contributed by atoms with van der Waals surface area (Å²) in [5.74, 6) is -0.933. The third-order valence-corrected chi connectivity index (χ3v) is 1.96. The van der Waals surface area contributed by atoms with Crippen LogP contribution in [0.5, 0.6) is 0 Å². The van der Waals surface area contributed by atoms with Crippen molar-refractivity contribution < 1.29 is 14.6 Å². The molecule has 0 amide bonds. The Bertz CT molecular complexity index is 282. The van der Waals surface area contributed by atoms with E-state index in [1.165, 1.54) is 0 Å². The Morgan fingerprint density at radius 1 is 1.43 bits per heavy atom. The first kappa shape index (κ1) is 10.7. The highest BCUT2D eigenvalue weighted by molar-refractivity contribution is 5.78. The number of aliphatic hydroxyl groups is 1. The molecule has 14 heavy (non-hydrogen) atoms. The Morgan fingerprint density at radius 2 is 2.07 bits per heavy atom. The zero-order chi connectivity index (χ0) is 10.4. The van der Waals surface area contributed by atoms with Crippen molar-refractivity contribution in [1.82, 2.24) is 0 Å². The van der Waals surface area contributed by atoms with Gasteiger partial charge < -0.3 is 9.84 Å². The summed E-state index contributed by atoms with van der Waals surface area (Å²) in [5.41, 5.74) is 0.786. The second-order valence-electron chi connectivity index (χ2n) is 2.90. The van der Waals surface area contributed by atoms with Gasteiger partial charge in [-0.25, -0.2) is 0 Å². The van der Waals surface area contributed by atoms with Gasteiger partial charge in [0.1, 0.15) is 5.92 Å². The molecule has 3 nitrogen and oxygen atoms in total. The van der Waals surface area contributed by atoms with E-state index in [4.69, 9.17) is 9.84 Å². The summed E-state index contributed by atoms with van der Waals surface area (Å²) in [6.45, 7) is 1.86. The van der Waals surface area contributed by atoms with Gasteiger partial charge in [-0.1, -0.05) is 30.3 Å². The van der Waals surface area contributed by atoms with Gasteiger partial charge in [0.25, 0.3) is 0 Å². The lowest BCUT2D eigenvalue weighted by atomic mass is 10.0. The van der Waals surface area contributed by atoms with Crippen LogP contribution in [0.4, 0.5) is 0 Å². The average Bonchev–Trinajstić information content (AvgIpc) is 2.21. The minimum absolute atomic E-state index is 0.219. The van der Waals surface area contributed by atoms with Crippen LogP contribution in [0, 0.1) is 0 Å². The number of aliphatic hydroxyl groups excluding tert-OH is 1. The van der Waals surface area contributed by atoms with Crippen LogP contribution in [0.3, 0.4) is 0 Å². The molecule has 0 saturated heterocycles. The average molecular weight is 194 g/mol. The molecular formula is C11H14O3. The highest BCUT2D eigenvalue weighted by Gasteiger charge is 2.20. The van der Waals surface area contributed by atoms with Gasteiger partial charge in [0.2, 0.25) is 0 Å². The van der Waals surface area contributed by atoms with Gasteiger partial charge in [0.15, 0.2) is 0 Å². The number of esters is 1. The zero-order valence-corrected chi connectivity index (χ0v) is 8.14. The van der Waals surface area contributed by atoms with Crippen molar-refractivity contribution in [3.05, 3.63) is 35.9 Å². The van der Waals surface area contributed by atoms with Crippen LogP contribution in [0.25, 0.3) is 0 Å². The summed E-state index contributed by atoms with van der Waals surface area (Å²) in [6.07, 6.45) is 0. The Labute approximate surface area is 83.3 Å². The molecule has 0 aliphatic carbocycles. The molecule has 0 aromatic heterocycles. The van der Waals surface area contributed by atoms with E-state index in [0.717, 1.165) is 5.56 Å². The smallest absolute Gasteiger partial charge is 0.315 e. The maximum absolute atomic E-state index is 11.4. The zero-order valence-electron chi connectivity index (χ0n) is 8.14. The van der Waals surface area contributed by atoms with Crippen molar-refractivity contribution in [3.8, 4) is 0 Å². The number of hydrogen-bond acceptors (Lipinski definition) is 3. The van der Waals surface area contributed by atoms with E-state index in [1.807, 2.05) is 18.2 Å². The highest BCUT2D eigenvalue weighted by Crippen LogP contribution is 2.16. The highest BCUT2D eigenvalue weighted by atomic mass is 16.5. The molecule has 0 radical (unpaired) electrons. The molecule has 1 aromatic rings. The Balaban J connectivity index is 2.77. The van der Waals surface area contributed by atoms with Crippen LogP contribution in [0.1, 0.15) is 18.4 Å². The predicted molar refractivity (Wildman–Crippen MR) is 52.9 cm³/mol. The second kappa shape index (κ2) is 5.40. The number of hydrogen-bond donors (Lipinski definition) is 1. The molecule has 1 N–H and O–H groups in total. The van der Waals surface area contributed by atoms with Crippen LogP contribution < -0.4 is 0 Å². The quantitative estimate of drug-likeness (QED) is 0.735. The number of ether oxygens (including phenoxy) is 1. The van der Waals surface area contributed by atoms with Crippen LogP contribution in [0.15, 0.2) is 30.3 Å². The molecule has 1 rings (SSSR count). The molecule has 0 bridgehead atoms. The number of benzene rings is 1. The number of carbonyl (C=O) groups excluding carboxylic acids is 1. The van der Waals surface area contributed by atoms with Gasteiger partial charge in [0, 0.05) is 0 Å². The molecule has 0 aliphatic heterocycles. The van der Waals surface area contributed by atoms with Gasteiger partial charge in [-0.2, -0.15) is 0 Å².